The summed E-state index contributed by atoms with van der Waals surface area (Å²) in [5, 5.41) is 22.7. The summed E-state index contributed by atoms with van der Waals surface area (Å²) >= 11 is 0. The highest BCUT2D eigenvalue weighted by Gasteiger charge is 2.44. The molecule has 2 aliphatic rings. The monoisotopic (exact) mass is 631 g/mol. The largest absolute Gasteiger partial charge is 0.491 e. The average Bonchev–Trinajstić information content (AvgIpc) is 3.41. The van der Waals surface area contributed by atoms with Crippen LogP contribution >= 0.6 is 0 Å². The summed E-state index contributed by atoms with van der Waals surface area (Å²) < 4.78 is 64.3. The van der Waals surface area contributed by atoms with Crippen molar-refractivity contribution in [1.29, 1.82) is 0 Å². The molecule has 43 heavy (non-hydrogen) atoms. The molecule has 0 bridgehead atoms. The number of nitrogens with zero attached hydrogens (tertiary/aromatic N) is 2. The second kappa shape index (κ2) is 13.4. The topological polar surface area (TPSA) is 155 Å². The maximum Gasteiger partial charge on any atom is 0.243 e. The standard InChI is InChI=1S/C30H37N3O8S2/c34-15-16-42(36,37)29-5-1-4-27(17-29)40-22-26(35)20-32-25-18-30(41-21-25)10-13-33(14-11-30)43(38,39)28-8-6-23(7-9-28)24-3-2-12-31-19-24/h1-9,12,17,19,25-26,32,34-35H,10-11,13-16,18,20-22H2. The van der Waals surface area contributed by atoms with E-state index in [0.717, 1.165) is 11.1 Å². The van der Waals surface area contributed by atoms with Crippen molar-refractivity contribution in [3.8, 4) is 16.9 Å². The lowest BCUT2D eigenvalue weighted by molar-refractivity contribution is -0.0312. The van der Waals surface area contributed by atoms with Crippen LogP contribution in [0, 0.1) is 0 Å². The molecule has 2 saturated heterocycles. The van der Waals surface area contributed by atoms with E-state index in [1.807, 2.05) is 12.1 Å². The number of aromatic nitrogens is 1. The minimum absolute atomic E-state index is 0.00443. The van der Waals surface area contributed by atoms with Crippen LogP contribution in [0.25, 0.3) is 11.1 Å². The molecule has 232 valence electrons. The Balaban J connectivity index is 1.07. The van der Waals surface area contributed by atoms with Crippen LogP contribution in [0.3, 0.4) is 0 Å². The smallest absolute Gasteiger partial charge is 0.243 e. The number of sulfonamides is 1. The number of rotatable bonds is 12. The second-order valence-corrected chi connectivity index (χ2v) is 15.0. The molecular formula is C30H37N3O8S2. The van der Waals surface area contributed by atoms with Gasteiger partial charge in [0.25, 0.3) is 0 Å². The third kappa shape index (κ3) is 7.60. The second-order valence-electron chi connectivity index (χ2n) is 11.0. The van der Waals surface area contributed by atoms with Gasteiger partial charge < -0.3 is 25.0 Å². The van der Waals surface area contributed by atoms with Crippen molar-refractivity contribution < 1.29 is 36.5 Å². The van der Waals surface area contributed by atoms with Crippen molar-refractivity contribution in [2.24, 2.45) is 0 Å². The lowest BCUT2D eigenvalue weighted by atomic mass is 9.88. The van der Waals surface area contributed by atoms with E-state index in [0.29, 0.717) is 44.7 Å². The van der Waals surface area contributed by atoms with E-state index < -0.39 is 38.2 Å². The van der Waals surface area contributed by atoms with Gasteiger partial charge in [0.2, 0.25) is 10.0 Å². The molecule has 2 atom stereocenters. The van der Waals surface area contributed by atoms with Crippen LogP contribution in [0.2, 0.25) is 0 Å². The average molecular weight is 632 g/mol. The number of aliphatic hydroxyl groups is 2. The van der Waals surface area contributed by atoms with Gasteiger partial charge in [-0.25, -0.2) is 16.8 Å². The first-order valence-electron chi connectivity index (χ1n) is 14.2. The Hall–Kier alpha value is -2.91. The van der Waals surface area contributed by atoms with E-state index in [2.05, 4.69) is 10.3 Å². The Labute approximate surface area is 252 Å². The molecule has 3 heterocycles. The van der Waals surface area contributed by atoms with Crippen LogP contribution in [-0.4, -0.2) is 99.3 Å². The van der Waals surface area contributed by atoms with Crippen LogP contribution in [0.5, 0.6) is 5.75 Å². The lowest BCUT2D eigenvalue weighted by Gasteiger charge is -2.38. The van der Waals surface area contributed by atoms with Crippen molar-refractivity contribution in [3.63, 3.8) is 0 Å². The molecule has 1 aromatic heterocycles. The van der Waals surface area contributed by atoms with Gasteiger partial charge in [-0.2, -0.15) is 4.31 Å². The Morgan fingerprint density at radius 1 is 1.02 bits per heavy atom. The summed E-state index contributed by atoms with van der Waals surface area (Å²) in [5.41, 5.74) is 1.42. The number of ether oxygens (including phenoxy) is 2. The molecule has 1 spiro atoms. The van der Waals surface area contributed by atoms with E-state index >= 15 is 0 Å². The number of benzene rings is 2. The van der Waals surface area contributed by atoms with Crippen molar-refractivity contribution in [2.45, 2.75) is 46.8 Å². The Morgan fingerprint density at radius 3 is 2.49 bits per heavy atom. The van der Waals surface area contributed by atoms with E-state index in [-0.39, 0.29) is 34.7 Å². The molecule has 0 radical (unpaired) electrons. The fraction of sp³-hybridized carbons (Fsp3) is 0.433. The van der Waals surface area contributed by atoms with Crippen molar-refractivity contribution in [1.82, 2.24) is 14.6 Å². The van der Waals surface area contributed by atoms with Crippen LogP contribution in [-0.2, 0) is 24.6 Å². The highest BCUT2D eigenvalue weighted by atomic mass is 32.2. The number of hydrogen-bond donors (Lipinski definition) is 3. The summed E-state index contributed by atoms with van der Waals surface area (Å²) in [6.45, 7) is 0.934. The molecule has 11 nitrogen and oxygen atoms in total. The van der Waals surface area contributed by atoms with Gasteiger partial charge in [-0.3, -0.25) is 4.98 Å². The Bertz CT molecular complexity index is 1580. The molecule has 2 aromatic carbocycles. The maximum absolute atomic E-state index is 13.3. The normalized spacial score (nSPS) is 19.8. The predicted octanol–water partition coefficient (Wildman–Crippen LogP) is 1.86. The van der Waals surface area contributed by atoms with Crippen molar-refractivity contribution in [2.75, 3.05) is 45.2 Å². The SMILES string of the molecule is O=S(=O)(CCO)c1cccc(OCC(O)CNC2COC3(CCN(S(=O)(=O)c4ccc(-c5cccnc5)cc4)CC3)C2)c1. The number of hydrogen-bond acceptors (Lipinski definition) is 10. The zero-order valence-corrected chi connectivity index (χ0v) is 25.3. The fourth-order valence-corrected chi connectivity index (χ4v) is 8.01. The van der Waals surface area contributed by atoms with Gasteiger partial charge in [0.15, 0.2) is 9.84 Å². The first-order valence-corrected chi connectivity index (χ1v) is 17.3. The van der Waals surface area contributed by atoms with E-state index in [1.165, 1.54) is 16.4 Å². The highest BCUT2D eigenvalue weighted by molar-refractivity contribution is 7.91. The third-order valence-corrected chi connectivity index (χ3v) is 11.5. The number of piperidine rings is 1. The molecule has 5 rings (SSSR count). The third-order valence-electron chi connectivity index (χ3n) is 7.94. The minimum atomic E-state index is -3.63. The number of nitrogens with one attached hydrogen (secondary N) is 1. The van der Waals surface area contributed by atoms with E-state index in [9.17, 15) is 21.9 Å². The molecular weight excluding hydrogens is 594 g/mol. The van der Waals surface area contributed by atoms with E-state index in [1.54, 1.807) is 48.8 Å². The summed E-state index contributed by atoms with van der Waals surface area (Å²) in [5.74, 6) is -0.0596. The Kier molecular flexibility index (Phi) is 9.81. The summed E-state index contributed by atoms with van der Waals surface area (Å²) in [6, 6.07) is 16.6. The lowest BCUT2D eigenvalue weighted by Crippen LogP contribution is -2.47. The molecule has 2 aliphatic heterocycles. The van der Waals surface area contributed by atoms with Gasteiger partial charge in [-0.15, -0.1) is 0 Å². The van der Waals surface area contributed by atoms with E-state index in [4.69, 9.17) is 14.6 Å². The molecule has 0 aliphatic carbocycles. The zero-order chi connectivity index (χ0) is 30.5. The van der Waals surface area contributed by atoms with Crippen molar-refractivity contribution in [3.05, 3.63) is 73.1 Å². The maximum atomic E-state index is 13.3. The van der Waals surface area contributed by atoms with Gasteiger partial charge in [0.05, 0.1) is 34.4 Å². The molecule has 13 heteroatoms. The summed E-state index contributed by atoms with van der Waals surface area (Å²) in [4.78, 5) is 4.43. The molecule has 3 N–H and O–H groups in total. The van der Waals surface area contributed by atoms with Gasteiger partial charge in [-0.1, -0.05) is 24.3 Å². The number of aliphatic hydroxyl groups excluding tert-OH is 2. The predicted molar refractivity (Wildman–Crippen MR) is 160 cm³/mol. The molecule has 0 amide bonds. The molecule has 3 aromatic rings. The van der Waals surface area contributed by atoms with Crippen LogP contribution < -0.4 is 10.1 Å². The zero-order valence-electron chi connectivity index (χ0n) is 23.7. The first-order chi connectivity index (χ1) is 20.6. The number of pyridine rings is 1. The van der Waals surface area contributed by atoms with Crippen molar-refractivity contribution >= 4 is 19.9 Å². The minimum Gasteiger partial charge on any atom is -0.491 e. The highest BCUT2D eigenvalue weighted by Crippen LogP contribution is 2.37. The molecule has 0 saturated carbocycles. The Morgan fingerprint density at radius 2 is 1.79 bits per heavy atom. The number of sulfone groups is 1. The van der Waals surface area contributed by atoms with Gasteiger partial charge >= 0.3 is 0 Å². The summed E-state index contributed by atoms with van der Waals surface area (Å²) in [7, 11) is -7.23. The summed E-state index contributed by atoms with van der Waals surface area (Å²) in [6.07, 6.45) is 4.47. The molecule has 2 fully saturated rings. The van der Waals surface area contributed by atoms with Crippen LogP contribution in [0.15, 0.2) is 82.8 Å². The van der Waals surface area contributed by atoms with Crippen LogP contribution in [0.1, 0.15) is 19.3 Å². The van der Waals surface area contributed by atoms with Gasteiger partial charge in [0, 0.05) is 38.1 Å². The quantitative estimate of drug-likeness (QED) is 0.270. The van der Waals surface area contributed by atoms with Gasteiger partial charge in [0.1, 0.15) is 18.5 Å². The first kappa shape index (κ1) is 31.5. The van der Waals surface area contributed by atoms with Gasteiger partial charge in [-0.05, 0) is 66.8 Å². The van der Waals surface area contributed by atoms with Crippen LogP contribution in [0.4, 0.5) is 0 Å². The fourth-order valence-electron chi connectivity index (χ4n) is 5.51. The molecule has 2 unspecified atom stereocenters.